The molecule has 2 N–H and O–H groups in total. The molecule has 0 fully saturated rings. The highest BCUT2D eigenvalue weighted by Crippen LogP contribution is 2.27. The van der Waals surface area contributed by atoms with Crippen LogP contribution in [0.1, 0.15) is 11.1 Å². The second-order valence-electron chi connectivity index (χ2n) is 5.76. The molecule has 2 aromatic carbocycles. The number of halogens is 1. The zero-order chi connectivity index (χ0) is 18.4. The van der Waals surface area contributed by atoms with Gasteiger partial charge in [0.05, 0.1) is 19.0 Å². The normalized spacial score (nSPS) is 10.4. The fraction of sp³-hybridized carbons (Fsp3) is 0.211. The fourth-order valence-corrected chi connectivity index (χ4v) is 2.51. The van der Waals surface area contributed by atoms with Crippen LogP contribution < -0.4 is 15.4 Å². The Labute approximate surface area is 151 Å². The third kappa shape index (κ3) is 4.44. The first kappa shape index (κ1) is 17.6. The molecule has 134 valence electrons. The summed E-state index contributed by atoms with van der Waals surface area (Å²) in [7, 11) is 1.61. The van der Waals surface area contributed by atoms with Crippen LogP contribution in [0.15, 0.2) is 48.7 Å². The van der Waals surface area contributed by atoms with E-state index in [9.17, 15) is 4.39 Å². The lowest BCUT2D eigenvalue weighted by molar-refractivity contribution is 0.416. The summed E-state index contributed by atoms with van der Waals surface area (Å²) in [5.41, 5.74) is 2.50. The predicted molar refractivity (Wildman–Crippen MR) is 99.4 cm³/mol. The molecule has 0 spiro atoms. The Morgan fingerprint density at radius 1 is 1.15 bits per heavy atom. The minimum atomic E-state index is -0.205. The van der Waals surface area contributed by atoms with E-state index >= 15 is 0 Å². The number of aromatic nitrogens is 3. The van der Waals surface area contributed by atoms with Crippen molar-refractivity contribution in [3.63, 3.8) is 0 Å². The Kier molecular flexibility index (Phi) is 5.58. The van der Waals surface area contributed by atoms with Gasteiger partial charge in [0.25, 0.3) is 0 Å². The van der Waals surface area contributed by atoms with Crippen LogP contribution in [0.5, 0.6) is 5.75 Å². The van der Waals surface area contributed by atoms with Gasteiger partial charge in [-0.1, -0.05) is 24.3 Å². The highest BCUT2D eigenvalue weighted by molar-refractivity contribution is 5.63. The number of nitrogens with zero attached hydrogens (tertiary/aromatic N) is 3. The first-order valence-electron chi connectivity index (χ1n) is 8.24. The van der Waals surface area contributed by atoms with Crippen LogP contribution >= 0.6 is 0 Å². The number of benzene rings is 2. The summed E-state index contributed by atoms with van der Waals surface area (Å²) >= 11 is 0. The molecule has 0 atom stereocenters. The third-order valence-corrected chi connectivity index (χ3v) is 3.82. The van der Waals surface area contributed by atoms with Gasteiger partial charge in [0.2, 0.25) is 5.95 Å². The van der Waals surface area contributed by atoms with E-state index in [1.54, 1.807) is 19.2 Å². The van der Waals surface area contributed by atoms with Gasteiger partial charge in [-0.25, -0.2) is 4.39 Å². The monoisotopic (exact) mass is 353 g/mol. The van der Waals surface area contributed by atoms with Crippen molar-refractivity contribution in [3.8, 4) is 5.75 Å². The lowest BCUT2D eigenvalue weighted by atomic mass is 10.1. The molecule has 3 aromatic rings. The molecule has 0 aliphatic carbocycles. The molecule has 3 rings (SSSR count). The Morgan fingerprint density at radius 3 is 2.81 bits per heavy atom. The summed E-state index contributed by atoms with van der Waals surface area (Å²) in [5, 5.41) is 14.2. The highest BCUT2D eigenvalue weighted by atomic mass is 19.1. The van der Waals surface area contributed by atoms with Gasteiger partial charge in [0, 0.05) is 6.54 Å². The minimum Gasteiger partial charge on any atom is -0.495 e. The van der Waals surface area contributed by atoms with Crippen molar-refractivity contribution in [2.45, 2.75) is 13.3 Å². The average molecular weight is 353 g/mol. The molecule has 7 heteroatoms. The predicted octanol–water partition coefficient (Wildman–Crippen LogP) is 3.73. The Morgan fingerprint density at radius 2 is 2.00 bits per heavy atom. The molecule has 26 heavy (non-hydrogen) atoms. The molecule has 0 bridgehead atoms. The van der Waals surface area contributed by atoms with Crippen molar-refractivity contribution in [1.29, 1.82) is 0 Å². The van der Waals surface area contributed by atoms with Crippen molar-refractivity contribution in [1.82, 2.24) is 15.2 Å². The lowest BCUT2D eigenvalue weighted by Gasteiger charge is -2.11. The summed E-state index contributed by atoms with van der Waals surface area (Å²) < 4.78 is 19.0. The Hall–Kier alpha value is -3.22. The van der Waals surface area contributed by atoms with Gasteiger partial charge in [-0.15, -0.1) is 5.10 Å². The van der Waals surface area contributed by atoms with Gasteiger partial charge in [-0.2, -0.15) is 10.1 Å². The van der Waals surface area contributed by atoms with Gasteiger partial charge < -0.3 is 15.4 Å². The van der Waals surface area contributed by atoms with Crippen LogP contribution in [-0.2, 0) is 6.42 Å². The molecular formula is C19H20FN5O. The van der Waals surface area contributed by atoms with Crippen LogP contribution in [0, 0.1) is 12.7 Å². The van der Waals surface area contributed by atoms with Crippen LogP contribution in [0.3, 0.4) is 0 Å². The molecule has 0 amide bonds. The van der Waals surface area contributed by atoms with Gasteiger partial charge in [-0.05, 0) is 42.7 Å². The third-order valence-electron chi connectivity index (χ3n) is 3.82. The zero-order valence-corrected chi connectivity index (χ0v) is 14.7. The number of ether oxygens (including phenoxy) is 1. The van der Waals surface area contributed by atoms with E-state index in [-0.39, 0.29) is 5.82 Å². The van der Waals surface area contributed by atoms with E-state index in [1.807, 2.05) is 31.2 Å². The summed E-state index contributed by atoms with van der Waals surface area (Å²) in [6.07, 6.45) is 2.07. The minimum absolute atomic E-state index is 0.205. The molecular weight excluding hydrogens is 333 g/mol. The van der Waals surface area contributed by atoms with Gasteiger partial charge in [-0.3, -0.25) is 0 Å². The summed E-state index contributed by atoms with van der Waals surface area (Å²) in [6, 6.07) is 12.5. The number of aryl methyl sites for hydroxylation is 1. The van der Waals surface area contributed by atoms with Gasteiger partial charge >= 0.3 is 0 Å². The molecule has 6 nitrogen and oxygen atoms in total. The van der Waals surface area contributed by atoms with E-state index < -0.39 is 0 Å². The van der Waals surface area contributed by atoms with E-state index in [0.717, 1.165) is 11.3 Å². The molecule has 0 aliphatic heterocycles. The van der Waals surface area contributed by atoms with Crippen LogP contribution in [-0.4, -0.2) is 28.8 Å². The maximum Gasteiger partial charge on any atom is 0.249 e. The quantitative estimate of drug-likeness (QED) is 0.674. The highest BCUT2D eigenvalue weighted by Gasteiger charge is 2.07. The van der Waals surface area contributed by atoms with E-state index in [2.05, 4.69) is 25.8 Å². The van der Waals surface area contributed by atoms with Crippen molar-refractivity contribution in [3.05, 3.63) is 65.6 Å². The van der Waals surface area contributed by atoms with E-state index in [1.165, 1.54) is 12.3 Å². The second-order valence-corrected chi connectivity index (χ2v) is 5.76. The summed E-state index contributed by atoms with van der Waals surface area (Å²) in [5.74, 6) is 1.40. The maximum atomic E-state index is 13.6. The van der Waals surface area contributed by atoms with E-state index in [0.29, 0.717) is 36.0 Å². The number of hydrogen-bond acceptors (Lipinski definition) is 6. The molecule has 0 unspecified atom stereocenters. The van der Waals surface area contributed by atoms with Crippen molar-refractivity contribution in [2.24, 2.45) is 0 Å². The summed E-state index contributed by atoms with van der Waals surface area (Å²) in [6.45, 7) is 2.53. The number of hydrogen-bond donors (Lipinski definition) is 2. The molecule has 0 saturated heterocycles. The Balaban J connectivity index is 1.65. The van der Waals surface area contributed by atoms with Crippen molar-refractivity contribution < 1.29 is 9.13 Å². The number of methoxy groups -OCH3 is 1. The van der Waals surface area contributed by atoms with Gasteiger partial charge in [0.1, 0.15) is 11.6 Å². The van der Waals surface area contributed by atoms with Crippen molar-refractivity contribution >= 4 is 17.5 Å². The fourth-order valence-electron chi connectivity index (χ4n) is 2.51. The van der Waals surface area contributed by atoms with E-state index in [4.69, 9.17) is 4.74 Å². The number of nitrogens with one attached hydrogen (secondary N) is 2. The van der Waals surface area contributed by atoms with Gasteiger partial charge in [0.15, 0.2) is 5.82 Å². The maximum absolute atomic E-state index is 13.6. The van der Waals surface area contributed by atoms with Crippen molar-refractivity contribution in [2.75, 3.05) is 24.3 Å². The zero-order valence-electron chi connectivity index (χ0n) is 14.7. The Bertz CT molecular complexity index is 887. The topological polar surface area (TPSA) is 72.0 Å². The van der Waals surface area contributed by atoms with Crippen LogP contribution in [0.4, 0.5) is 21.8 Å². The largest absolute Gasteiger partial charge is 0.495 e. The summed E-state index contributed by atoms with van der Waals surface area (Å²) in [4.78, 5) is 4.38. The van der Waals surface area contributed by atoms with Crippen LogP contribution in [0.25, 0.3) is 0 Å². The lowest BCUT2D eigenvalue weighted by Crippen LogP contribution is -2.09. The first-order valence-corrected chi connectivity index (χ1v) is 8.24. The SMILES string of the molecule is COc1ccc(C)cc1Nc1nncc(NCCc2ccccc2F)n1. The number of anilines is 3. The average Bonchev–Trinajstić information content (AvgIpc) is 2.64. The smallest absolute Gasteiger partial charge is 0.249 e. The molecule has 0 aliphatic rings. The number of rotatable bonds is 7. The molecule has 1 heterocycles. The first-order chi connectivity index (χ1) is 12.7. The molecule has 1 aromatic heterocycles. The molecule has 0 saturated carbocycles. The standard InChI is InChI=1S/C19H20FN5O/c1-13-7-8-17(26-2)16(11-13)23-19-24-18(12-22-25-19)21-10-9-14-5-3-4-6-15(14)20/h3-8,11-12H,9-10H2,1-2H3,(H2,21,23,24,25). The second kappa shape index (κ2) is 8.24. The van der Waals surface area contributed by atoms with Crippen LogP contribution in [0.2, 0.25) is 0 Å². The molecule has 0 radical (unpaired) electrons.